The average molecular weight is 316 g/mol. The van der Waals surface area contributed by atoms with Crippen LogP contribution in [0, 0.1) is 0 Å². The van der Waals surface area contributed by atoms with Crippen molar-refractivity contribution in [1.29, 1.82) is 0 Å². The lowest BCUT2D eigenvalue weighted by Crippen LogP contribution is -2.35. The summed E-state index contributed by atoms with van der Waals surface area (Å²) in [7, 11) is 0. The van der Waals surface area contributed by atoms with Crippen LogP contribution in [0.5, 0.6) is 5.75 Å². The third-order valence-corrected chi connectivity index (χ3v) is 4.53. The van der Waals surface area contributed by atoms with Gasteiger partial charge in [0.2, 0.25) is 5.95 Å². The molecule has 1 fully saturated rings. The van der Waals surface area contributed by atoms with Gasteiger partial charge in [-0.15, -0.1) is 0 Å². The van der Waals surface area contributed by atoms with E-state index in [0.717, 1.165) is 30.9 Å². The first-order chi connectivity index (χ1) is 10.8. The molecule has 0 saturated carbocycles. The van der Waals surface area contributed by atoms with Crippen molar-refractivity contribution < 1.29 is 4.74 Å². The number of thioether (sulfide) groups is 1. The van der Waals surface area contributed by atoms with Gasteiger partial charge < -0.3 is 10.5 Å². The zero-order valence-electron chi connectivity index (χ0n) is 12.4. The van der Waals surface area contributed by atoms with Crippen LogP contribution in [-0.4, -0.2) is 52.6 Å². The number of hydrogen-bond acceptors (Lipinski definition) is 6. The first kappa shape index (κ1) is 15.1. The van der Waals surface area contributed by atoms with Crippen molar-refractivity contribution in [3.63, 3.8) is 0 Å². The fourth-order valence-corrected chi connectivity index (χ4v) is 3.38. The van der Waals surface area contributed by atoms with Gasteiger partial charge in [-0.2, -0.15) is 11.8 Å². The number of hydrogen-bond donors (Lipinski definition) is 1. The highest BCUT2D eigenvalue weighted by Gasteiger charge is 2.12. The zero-order valence-corrected chi connectivity index (χ0v) is 13.3. The van der Waals surface area contributed by atoms with E-state index in [1.165, 1.54) is 11.5 Å². The fourth-order valence-electron chi connectivity index (χ4n) is 2.40. The van der Waals surface area contributed by atoms with Crippen LogP contribution in [0.2, 0.25) is 0 Å². The lowest BCUT2D eigenvalue weighted by atomic mass is 10.1. The van der Waals surface area contributed by atoms with E-state index in [1.807, 2.05) is 42.1 Å². The van der Waals surface area contributed by atoms with Crippen molar-refractivity contribution in [2.75, 3.05) is 43.5 Å². The van der Waals surface area contributed by atoms with E-state index in [4.69, 9.17) is 10.5 Å². The minimum atomic E-state index is 0.263. The van der Waals surface area contributed by atoms with E-state index < -0.39 is 0 Å². The molecule has 0 atom stereocenters. The van der Waals surface area contributed by atoms with Crippen molar-refractivity contribution in [3.8, 4) is 17.0 Å². The number of rotatable bonds is 5. The van der Waals surface area contributed by atoms with Gasteiger partial charge in [0.1, 0.15) is 12.3 Å². The molecule has 1 saturated heterocycles. The smallest absolute Gasteiger partial charge is 0.220 e. The molecule has 2 N–H and O–H groups in total. The highest BCUT2D eigenvalue weighted by molar-refractivity contribution is 7.99. The van der Waals surface area contributed by atoms with Crippen LogP contribution in [0.25, 0.3) is 11.3 Å². The van der Waals surface area contributed by atoms with Gasteiger partial charge >= 0.3 is 0 Å². The van der Waals surface area contributed by atoms with Crippen molar-refractivity contribution in [1.82, 2.24) is 14.9 Å². The van der Waals surface area contributed by atoms with Gasteiger partial charge in [-0.25, -0.2) is 9.97 Å². The van der Waals surface area contributed by atoms with Crippen LogP contribution in [0.15, 0.2) is 36.5 Å². The summed E-state index contributed by atoms with van der Waals surface area (Å²) in [6, 6.07) is 9.92. The van der Waals surface area contributed by atoms with Crippen molar-refractivity contribution in [3.05, 3.63) is 36.5 Å². The van der Waals surface area contributed by atoms with E-state index in [0.29, 0.717) is 12.4 Å². The molecule has 1 aromatic heterocycles. The summed E-state index contributed by atoms with van der Waals surface area (Å²) >= 11 is 2.01. The topological polar surface area (TPSA) is 64.3 Å². The average Bonchev–Trinajstić information content (AvgIpc) is 2.58. The second-order valence-electron chi connectivity index (χ2n) is 5.11. The number of anilines is 1. The number of aromatic nitrogens is 2. The van der Waals surface area contributed by atoms with Crippen molar-refractivity contribution in [2.45, 2.75) is 0 Å². The van der Waals surface area contributed by atoms with Gasteiger partial charge in [0.05, 0.1) is 6.20 Å². The molecule has 22 heavy (non-hydrogen) atoms. The van der Waals surface area contributed by atoms with E-state index in [1.54, 1.807) is 6.20 Å². The van der Waals surface area contributed by atoms with Crippen LogP contribution in [0.4, 0.5) is 5.95 Å². The third-order valence-electron chi connectivity index (χ3n) is 3.59. The Morgan fingerprint density at radius 3 is 2.73 bits per heavy atom. The summed E-state index contributed by atoms with van der Waals surface area (Å²) in [6.45, 7) is 3.84. The Bertz CT molecular complexity index is 602. The molecule has 116 valence electrons. The van der Waals surface area contributed by atoms with E-state index in [-0.39, 0.29) is 5.95 Å². The quantitative estimate of drug-likeness (QED) is 0.912. The molecule has 0 unspecified atom stereocenters. The maximum absolute atomic E-state index is 5.92. The fraction of sp³-hybridized carbons (Fsp3) is 0.375. The molecular formula is C16H20N4OS. The molecule has 0 aliphatic carbocycles. The highest BCUT2D eigenvalue weighted by atomic mass is 32.2. The third kappa shape index (κ3) is 3.90. The predicted molar refractivity (Wildman–Crippen MR) is 91.1 cm³/mol. The minimum Gasteiger partial charge on any atom is -0.488 e. The zero-order chi connectivity index (χ0) is 15.2. The molecule has 0 radical (unpaired) electrons. The lowest BCUT2D eigenvalue weighted by Gasteiger charge is -2.26. The normalized spacial score (nSPS) is 15.6. The number of nitrogens with two attached hydrogens (primary N) is 1. The Labute approximate surface area is 134 Å². The van der Waals surface area contributed by atoms with Gasteiger partial charge in [-0.1, -0.05) is 30.3 Å². The summed E-state index contributed by atoms with van der Waals surface area (Å²) in [5, 5.41) is 0. The molecule has 2 heterocycles. The van der Waals surface area contributed by atoms with Gasteiger partial charge in [0, 0.05) is 36.7 Å². The standard InChI is InChI=1S/C16H20N4OS/c17-16-18-12-14(15(19-16)13-4-2-1-3-5-13)21-9-6-20-7-10-22-11-8-20/h1-5,12H,6-11H2,(H2,17,18,19). The Morgan fingerprint density at radius 1 is 1.18 bits per heavy atom. The summed E-state index contributed by atoms with van der Waals surface area (Å²) in [6.07, 6.45) is 1.66. The molecule has 0 amide bonds. The van der Waals surface area contributed by atoms with Gasteiger partial charge in [0.25, 0.3) is 0 Å². The van der Waals surface area contributed by atoms with Crippen LogP contribution in [-0.2, 0) is 0 Å². The molecule has 3 rings (SSSR count). The Kier molecular flexibility index (Phi) is 5.13. The number of ether oxygens (including phenoxy) is 1. The Morgan fingerprint density at radius 2 is 1.95 bits per heavy atom. The number of nitrogens with zero attached hydrogens (tertiary/aromatic N) is 3. The molecule has 0 spiro atoms. The lowest BCUT2D eigenvalue weighted by molar-refractivity contribution is 0.222. The largest absolute Gasteiger partial charge is 0.488 e. The molecule has 6 heteroatoms. The highest BCUT2D eigenvalue weighted by Crippen LogP contribution is 2.27. The Balaban J connectivity index is 1.68. The molecule has 5 nitrogen and oxygen atoms in total. The second-order valence-corrected chi connectivity index (χ2v) is 6.33. The van der Waals surface area contributed by atoms with Gasteiger partial charge in [-0.05, 0) is 0 Å². The van der Waals surface area contributed by atoms with Gasteiger partial charge in [0.15, 0.2) is 5.75 Å². The van der Waals surface area contributed by atoms with Crippen LogP contribution in [0.3, 0.4) is 0 Å². The number of nitrogen functional groups attached to an aromatic ring is 1. The molecule has 2 aromatic rings. The summed E-state index contributed by atoms with van der Waals surface area (Å²) in [5.41, 5.74) is 7.46. The first-order valence-electron chi connectivity index (χ1n) is 7.44. The molecule has 0 bridgehead atoms. The van der Waals surface area contributed by atoms with E-state index >= 15 is 0 Å². The monoisotopic (exact) mass is 316 g/mol. The molecular weight excluding hydrogens is 296 g/mol. The number of benzene rings is 1. The summed E-state index contributed by atoms with van der Waals surface area (Å²) in [5.74, 6) is 3.37. The molecule has 1 aliphatic rings. The second kappa shape index (κ2) is 7.47. The van der Waals surface area contributed by atoms with E-state index in [2.05, 4.69) is 14.9 Å². The Hall–Kier alpha value is -1.79. The first-order valence-corrected chi connectivity index (χ1v) is 8.59. The summed E-state index contributed by atoms with van der Waals surface area (Å²) < 4.78 is 5.92. The van der Waals surface area contributed by atoms with Crippen LogP contribution >= 0.6 is 11.8 Å². The maximum atomic E-state index is 5.92. The summed E-state index contributed by atoms with van der Waals surface area (Å²) in [4.78, 5) is 10.8. The van der Waals surface area contributed by atoms with Crippen LogP contribution < -0.4 is 10.5 Å². The van der Waals surface area contributed by atoms with Gasteiger partial charge in [-0.3, -0.25) is 4.90 Å². The molecule has 1 aromatic carbocycles. The maximum Gasteiger partial charge on any atom is 0.220 e. The predicted octanol–water partition coefficient (Wildman–Crippen LogP) is 2.15. The minimum absolute atomic E-state index is 0.263. The van der Waals surface area contributed by atoms with Crippen molar-refractivity contribution >= 4 is 17.7 Å². The van der Waals surface area contributed by atoms with Crippen LogP contribution in [0.1, 0.15) is 0 Å². The molecule has 1 aliphatic heterocycles. The van der Waals surface area contributed by atoms with Crippen molar-refractivity contribution in [2.24, 2.45) is 0 Å². The SMILES string of the molecule is Nc1ncc(OCCN2CCSCC2)c(-c2ccccc2)n1. The van der Waals surface area contributed by atoms with E-state index in [9.17, 15) is 0 Å².